The Balaban J connectivity index is 1.66. The molecule has 0 radical (unpaired) electrons. The maximum Gasteiger partial charge on any atom is 0.416 e. The second-order valence-electron chi connectivity index (χ2n) is 8.41. The quantitative estimate of drug-likeness (QED) is 0.814. The number of aromatic hydroxyl groups is 1. The highest BCUT2D eigenvalue weighted by atomic mass is 19.4. The summed E-state index contributed by atoms with van der Waals surface area (Å²) in [4.78, 5) is 2.06. The standard InChI is InChI=1S/C20H22F3N3O2/c1-10-6-12(20(21,22)23)8-15(27)16(10)13-7-11-4-5-26(18(11)25-24-13)14-9-19(2,3)17(14)28/h6-8,14,17,27-28H,4-5,9H2,1-3H3/t14-,17-/m1/s1. The van der Waals surface area contributed by atoms with E-state index in [-0.39, 0.29) is 22.6 Å². The van der Waals surface area contributed by atoms with Gasteiger partial charge in [-0.3, -0.25) is 0 Å². The van der Waals surface area contributed by atoms with Crippen molar-refractivity contribution in [2.75, 3.05) is 11.4 Å². The first-order chi connectivity index (χ1) is 13.0. The van der Waals surface area contributed by atoms with Crippen LogP contribution in [0.1, 0.15) is 37.0 Å². The van der Waals surface area contributed by atoms with Gasteiger partial charge in [0.1, 0.15) is 5.75 Å². The van der Waals surface area contributed by atoms with E-state index in [0.29, 0.717) is 24.5 Å². The highest BCUT2D eigenvalue weighted by Crippen LogP contribution is 2.46. The zero-order valence-electron chi connectivity index (χ0n) is 15.9. The molecule has 5 nitrogen and oxygen atoms in total. The van der Waals surface area contributed by atoms with Crippen LogP contribution >= 0.6 is 0 Å². The molecular formula is C20H22F3N3O2. The van der Waals surface area contributed by atoms with E-state index in [0.717, 1.165) is 24.1 Å². The van der Waals surface area contributed by atoms with Gasteiger partial charge in [0.15, 0.2) is 5.82 Å². The third kappa shape index (κ3) is 2.90. The van der Waals surface area contributed by atoms with Gasteiger partial charge in [-0.25, -0.2) is 0 Å². The fourth-order valence-electron chi connectivity index (χ4n) is 4.32. The van der Waals surface area contributed by atoms with E-state index in [1.807, 2.05) is 13.8 Å². The molecule has 1 aromatic heterocycles. The van der Waals surface area contributed by atoms with Crippen molar-refractivity contribution in [1.29, 1.82) is 0 Å². The van der Waals surface area contributed by atoms with Crippen molar-refractivity contribution in [3.63, 3.8) is 0 Å². The van der Waals surface area contributed by atoms with Gasteiger partial charge in [-0.15, -0.1) is 10.2 Å². The Morgan fingerprint density at radius 1 is 1.18 bits per heavy atom. The minimum atomic E-state index is -4.53. The van der Waals surface area contributed by atoms with Gasteiger partial charge in [0.25, 0.3) is 0 Å². The molecule has 4 rings (SSSR count). The minimum Gasteiger partial charge on any atom is -0.507 e. The Hall–Kier alpha value is -2.35. The average Bonchev–Trinajstić information content (AvgIpc) is 3.01. The minimum absolute atomic E-state index is 0.00221. The van der Waals surface area contributed by atoms with Crippen LogP contribution in [-0.2, 0) is 12.6 Å². The van der Waals surface area contributed by atoms with Crippen molar-refractivity contribution in [1.82, 2.24) is 10.2 Å². The predicted octanol–water partition coefficient (Wildman–Crippen LogP) is 3.70. The van der Waals surface area contributed by atoms with Crippen LogP contribution in [0, 0.1) is 12.3 Å². The summed E-state index contributed by atoms with van der Waals surface area (Å²) in [6.07, 6.45) is -3.40. The van der Waals surface area contributed by atoms with Crippen LogP contribution in [0.4, 0.5) is 19.0 Å². The van der Waals surface area contributed by atoms with E-state index in [2.05, 4.69) is 15.1 Å². The lowest BCUT2D eigenvalue weighted by Crippen LogP contribution is -2.60. The molecule has 8 heteroatoms. The SMILES string of the molecule is Cc1cc(C(F)(F)F)cc(O)c1-c1cc2c(nn1)N([C@@H]1CC(C)(C)[C@@H]1O)CC2. The number of halogens is 3. The van der Waals surface area contributed by atoms with E-state index in [1.54, 1.807) is 6.07 Å². The number of phenolic OH excluding ortho intramolecular Hbond substituents is 1. The van der Waals surface area contributed by atoms with Gasteiger partial charge in [0.2, 0.25) is 0 Å². The summed E-state index contributed by atoms with van der Waals surface area (Å²) in [5.74, 6) is 0.236. The zero-order valence-corrected chi connectivity index (χ0v) is 15.9. The molecule has 2 heterocycles. The molecule has 2 aromatic rings. The first-order valence-corrected chi connectivity index (χ1v) is 9.21. The normalized spacial score (nSPS) is 23.5. The fraction of sp³-hybridized carbons (Fsp3) is 0.500. The largest absolute Gasteiger partial charge is 0.507 e. The number of phenols is 1. The van der Waals surface area contributed by atoms with E-state index < -0.39 is 23.6 Å². The summed E-state index contributed by atoms with van der Waals surface area (Å²) in [6, 6.07) is 3.49. The maximum atomic E-state index is 12.9. The molecular weight excluding hydrogens is 371 g/mol. The summed E-state index contributed by atoms with van der Waals surface area (Å²) in [5.41, 5.74) is 0.788. The highest BCUT2D eigenvalue weighted by Gasteiger charge is 2.50. The van der Waals surface area contributed by atoms with Crippen LogP contribution in [0.15, 0.2) is 18.2 Å². The second-order valence-corrected chi connectivity index (χ2v) is 8.41. The van der Waals surface area contributed by atoms with E-state index in [1.165, 1.54) is 6.92 Å². The lowest BCUT2D eigenvalue weighted by Gasteiger charge is -2.52. The molecule has 0 saturated heterocycles. The van der Waals surface area contributed by atoms with E-state index in [9.17, 15) is 23.4 Å². The third-order valence-electron chi connectivity index (χ3n) is 5.94. The number of aliphatic hydroxyl groups is 1. The van der Waals surface area contributed by atoms with Gasteiger partial charge >= 0.3 is 6.18 Å². The first kappa shape index (κ1) is 19.0. The van der Waals surface area contributed by atoms with Gasteiger partial charge in [0.05, 0.1) is 23.4 Å². The Kier molecular flexibility index (Phi) is 4.12. The number of benzene rings is 1. The molecule has 2 aliphatic rings. The monoisotopic (exact) mass is 393 g/mol. The first-order valence-electron chi connectivity index (χ1n) is 9.21. The van der Waals surface area contributed by atoms with Gasteiger partial charge in [0, 0.05) is 17.7 Å². The molecule has 1 aliphatic heterocycles. The van der Waals surface area contributed by atoms with E-state index >= 15 is 0 Å². The van der Waals surface area contributed by atoms with Crippen LogP contribution in [0.3, 0.4) is 0 Å². The van der Waals surface area contributed by atoms with Crippen molar-refractivity contribution in [2.45, 2.75) is 51.9 Å². The molecule has 0 amide bonds. The summed E-state index contributed by atoms with van der Waals surface area (Å²) >= 11 is 0. The lowest BCUT2D eigenvalue weighted by atomic mass is 9.65. The van der Waals surface area contributed by atoms with Crippen molar-refractivity contribution in [3.8, 4) is 17.0 Å². The number of aliphatic hydroxyl groups excluding tert-OH is 1. The Morgan fingerprint density at radius 3 is 2.46 bits per heavy atom. The third-order valence-corrected chi connectivity index (χ3v) is 5.94. The van der Waals surface area contributed by atoms with Gasteiger partial charge in [-0.2, -0.15) is 13.2 Å². The Labute approximate surface area is 160 Å². The van der Waals surface area contributed by atoms with Crippen LogP contribution in [0.5, 0.6) is 5.75 Å². The molecule has 0 unspecified atom stereocenters. The Morgan fingerprint density at radius 2 is 1.89 bits per heavy atom. The molecule has 28 heavy (non-hydrogen) atoms. The zero-order chi connectivity index (χ0) is 20.4. The number of fused-ring (bicyclic) bond motifs is 1. The molecule has 1 fully saturated rings. The molecule has 1 aliphatic carbocycles. The number of aromatic nitrogens is 2. The second kappa shape index (κ2) is 6.07. The van der Waals surface area contributed by atoms with Crippen LogP contribution in [0.25, 0.3) is 11.3 Å². The number of hydrogen-bond donors (Lipinski definition) is 2. The molecule has 1 saturated carbocycles. The average molecular weight is 393 g/mol. The molecule has 2 atom stereocenters. The summed E-state index contributed by atoms with van der Waals surface area (Å²) in [6.45, 7) is 6.27. The van der Waals surface area contributed by atoms with Gasteiger partial charge in [-0.1, -0.05) is 13.8 Å². The van der Waals surface area contributed by atoms with Gasteiger partial charge in [-0.05, 0) is 48.9 Å². The van der Waals surface area contributed by atoms with Gasteiger partial charge < -0.3 is 15.1 Å². The fourth-order valence-corrected chi connectivity index (χ4v) is 4.32. The van der Waals surface area contributed by atoms with Crippen molar-refractivity contribution in [3.05, 3.63) is 34.9 Å². The lowest BCUT2D eigenvalue weighted by molar-refractivity contribution is -0.137. The smallest absolute Gasteiger partial charge is 0.416 e. The number of alkyl halides is 3. The molecule has 0 bridgehead atoms. The highest BCUT2D eigenvalue weighted by molar-refractivity contribution is 5.73. The van der Waals surface area contributed by atoms with Crippen molar-refractivity contribution in [2.24, 2.45) is 5.41 Å². The number of aryl methyl sites for hydroxylation is 1. The summed E-state index contributed by atoms with van der Waals surface area (Å²) in [7, 11) is 0. The van der Waals surface area contributed by atoms with Crippen LogP contribution in [0.2, 0.25) is 0 Å². The molecule has 0 spiro atoms. The number of anilines is 1. The summed E-state index contributed by atoms with van der Waals surface area (Å²) in [5, 5.41) is 29.1. The Bertz CT molecular complexity index is 920. The predicted molar refractivity (Wildman–Crippen MR) is 98.1 cm³/mol. The number of nitrogens with zero attached hydrogens (tertiary/aromatic N) is 3. The van der Waals surface area contributed by atoms with E-state index in [4.69, 9.17) is 0 Å². The molecule has 2 N–H and O–H groups in total. The number of hydrogen-bond acceptors (Lipinski definition) is 5. The summed E-state index contributed by atoms with van der Waals surface area (Å²) < 4.78 is 38.8. The molecule has 1 aromatic carbocycles. The molecule has 150 valence electrons. The van der Waals surface area contributed by atoms with Crippen LogP contribution in [-0.4, -0.2) is 39.1 Å². The number of rotatable bonds is 2. The van der Waals surface area contributed by atoms with Crippen molar-refractivity contribution < 1.29 is 23.4 Å². The van der Waals surface area contributed by atoms with Crippen LogP contribution < -0.4 is 4.90 Å². The topological polar surface area (TPSA) is 69.5 Å². The maximum absolute atomic E-state index is 12.9. The van der Waals surface area contributed by atoms with Crippen molar-refractivity contribution >= 4 is 5.82 Å².